The molecule has 0 aliphatic carbocycles. The summed E-state index contributed by atoms with van der Waals surface area (Å²) in [7, 11) is -4.19. The molecule has 6 nitrogen and oxygen atoms in total. The first-order chi connectivity index (χ1) is 21.6. The SMILES string of the molecule is O=C(CC(Cc1ccccc1)C(=O)O)c1cccc(N(Cc2ccc(-c3ccccc3)cc2)S(=O)(=O)c2ccc(Cl)c(Cl)c2)c1. The molecule has 0 amide bonds. The van der Waals surface area contributed by atoms with Gasteiger partial charge in [0.05, 0.1) is 33.1 Å². The summed E-state index contributed by atoms with van der Waals surface area (Å²) in [5.41, 5.74) is 3.99. The molecular weight excluding hydrogens is 629 g/mol. The lowest BCUT2D eigenvalue weighted by Gasteiger charge is -2.25. The first-order valence-corrected chi connectivity index (χ1v) is 16.3. The molecule has 5 aromatic carbocycles. The molecule has 1 atom stereocenters. The van der Waals surface area contributed by atoms with Gasteiger partial charge in [0.15, 0.2) is 5.78 Å². The van der Waals surface area contributed by atoms with Gasteiger partial charge in [-0.25, -0.2) is 8.42 Å². The molecule has 228 valence electrons. The van der Waals surface area contributed by atoms with Crippen LogP contribution in [0, 0.1) is 5.92 Å². The Morgan fingerprint density at radius 3 is 1.98 bits per heavy atom. The van der Waals surface area contributed by atoms with E-state index in [9.17, 15) is 23.1 Å². The number of Topliss-reactive ketones (excluding diaryl/α,β-unsaturated/α-hetero) is 1. The first-order valence-electron chi connectivity index (χ1n) is 14.1. The Labute approximate surface area is 272 Å². The molecule has 9 heteroatoms. The molecule has 0 aliphatic heterocycles. The number of hydrogen-bond donors (Lipinski definition) is 1. The van der Waals surface area contributed by atoms with Gasteiger partial charge < -0.3 is 5.11 Å². The zero-order valence-electron chi connectivity index (χ0n) is 24.0. The fourth-order valence-corrected chi connectivity index (χ4v) is 6.83. The Morgan fingerprint density at radius 2 is 1.33 bits per heavy atom. The summed E-state index contributed by atoms with van der Waals surface area (Å²) in [5, 5.41) is 10.2. The average Bonchev–Trinajstić information content (AvgIpc) is 3.05. The van der Waals surface area contributed by atoms with Crippen molar-refractivity contribution in [3.05, 3.63) is 154 Å². The number of aliphatic carboxylic acids is 1. The Bertz CT molecular complexity index is 1920. The van der Waals surface area contributed by atoms with E-state index in [1.165, 1.54) is 28.6 Å². The van der Waals surface area contributed by atoms with Crippen LogP contribution in [-0.2, 0) is 27.8 Å². The topological polar surface area (TPSA) is 91.8 Å². The number of benzene rings is 5. The third-order valence-electron chi connectivity index (χ3n) is 7.43. The standard InChI is InChI=1S/C36H29Cl2NO5S/c37-33-19-18-32(23-34(33)38)45(43,44)39(24-26-14-16-28(17-15-26)27-10-5-2-6-11-27)31-13-7-12-29(21-31)35(40)22-30(36(41)42)20-25-8-3-1-4-9-25/h1-19,21,23,30H,20,22,24H2,(H,41,42). The summed E-state index contributed by atoms with van der Waals surface area (Å²) in [6.07, 6.45) is -0.0490. The molecular formula is C36H29Cl2NO5S. The number of nitrogens with zero attached hydrogens (tertiary/aromatic N) is 1. The van der Waals surface area contributed by atoms with Gasteiger partial charge in [0, 0.05) is 12.0 Å². The van der Waals surface area contributed by atoms with Gasteiger partial charge in [-0.05, 0) is 59.0 Å². The highest BCUT2D eigenvalue weighted by Gasteiger charge is 2.28. The summed E-state index contributed by atoms with van der Waals surface area (Å²) in [6.45, 7) is -0.0406. The molecule has 0 fully saturated rings. The number of ketones is 1. The number of sulfonamides is 1. The quantitative estimate of drug-likeness (QED) is 0.136. The van der Waals surface area contributed by atoms with E-state index in [1.807, 2.05) is 84.9 Å². The Hall–Kier alpha value is -4.43. The predicted molar refractivity (Wildman–Crippen MR) is 178 cm³/mol. The molecule has 0 heterocycles. The highest BCUT2D eigenvalue weighted by molar-refractivity contribution is 7.92. The Kier molecular flexibility index (Phi) is 10.0. The van der Waals surface area contributed by atoms with Gasteiger partial charge in [0.2, 0.25) is 0 Å². The molecule has 5 aromatic rings. The number of hydrogen-bond acceptors (Lipinski definition) is 4. The lowest BCUT2D eigenvalue weighted by atomic mass is 9.92. The van der Waals surface area contributed by atoms with E-state index in [-0.39, 0.29) is 45.6 Å². The van der Waals surface area contributed by atoms with E-state index in [2.05, 4.69) is 0 Å². The number of anilines is 1. The van der Waals surface area contributed by atoms with Crippen molar-refractivity contribution >= 4 is 50.7 Å². The van der Waals surface area contributed by atoms with Crippen molar-refractivity contribution in [1.29, 1.82) is 0 Å². The van der Waals surface area contributed by atoms with E-state index in [1.54, 1.807) is 18.2 Å². The van der Waals surface area contributed by atoms with E-state index in [4.69, 9.17) is 23.2 Å². The third-order valence-corrected chi connectivity index (χ3v) is 9.94. The number of carboxylic acid groups (broad SMARTS) is 1. The number of carbonyl (C=O) groups is 2. The summed E-state index contributed by atoms with van der Waals surface area (Å²) >= 11 is 12.3. The molecule has 1 unspecified atom stereocenters. The molecule has 45 heavy (non-hydrogen) atoms. The van der Waals surface area contributed by atoms with Crippen molar-refractivity contribution < 1.29 is 23.1 Å². The van der Waals surface area contributed by atoms with Gasteiger partial charge in [0.25, 0.3) is 10.0 Å². The molecule has 0 radical (unpaired) electrons. The summed E-state index contributed by atoms with van der Waals surface area (Å²) in [5.74, 6) is -2.42. The fraction of sp³-hybridized carbons (Fsp3) is 0.111. The van der Waals surface area contributed by atoms with Crippen molar-refractivity contribution in [2.75, 3.05) is 4.31 Å². The highest BCUT2D eigenvalue weighted by Crippen LogP contribution is 2.32. The number of rotatable bonds is 12. The maximum atomic E-state index is 14.1. The van der Waals surface area contributed by atoms with Crippen LogP contribution in [-0.4, -0.2) is 25.3 Å². The van der Waals surface area contributed by atoms with Gasteiger partial charge in [-0.15, -0.1) is 0 Å². The zero-order valence-corrected chi connectivity index (χ0v) is 26.3. The second kappa shape index (κ2) is 14.1. The summed E-state index contributed by atoms with van der Waals surface area (Å²) < 4.78 is 29.4. The van der Waals surface area contributed by atoms with Crippen LogP contribution in [0.4, 0.5) is 5.69 Å². The number of carboxylic acids is 1. The van der Waals surface area contributed by atoms with E-state index >= 15 is 0 Å². The molecule has 1 N–H and O–H groups in total. The summed E-state index contributed by atoms with van der Waals surface area (Å²) in [6, 6.07) is 36.8. The highest BCUT2D eigenvalue weighted by atomic mass is 35.5. The molecule has 5 rings (SSSR count). The van der Waals surface area contributed by atoms with Crippen molar-refractivity contribution in [2.24, 2.45) is 5.92 Å². The van der Waals surface area contributed by atoms with Crippen LogP contribution >= 0.6 is 23.2 Å². The molecule has 0 saturated carbocycles. The fourth-order valence-electron chi connectivity index (χ4n) is 5.00. The van der Waals surface area contributed by atoms with Crippen LogP contribution in [0.3, 0.4) is 0 Å². The Balaban J connectivity index is 1.47. The zero-order chi connectivity index (χ0) is 32.0. The molecule has 0 aliphatic rings. The second-order valence-corrected chi connectivity index (χ2v) is 13.2. The molecule has 0 bridgehead atoms. The minimum atomic E-state index is -4.19. The lowest BCUT2D eigenvalue weighted by Crippen LogP contribution is -2.31. The van der Waals surface area contributed by atoms with Crippen molar-refractivity contribution in [2.45, 2.75) is 24.3 Å². The minimum Gasteiger partial charge on any atom is -0.481 e. The van der Waals surface area contributed by atoms with Crippen LogP contribution in [0.2, 0.25) is 10.0 Å². The largest absolute Gasteiger partial charge is 0.481 e. The normalized spacial score (nSPS) is 12.0. The average molecular weight is 659 g/mol. The van der Waals surface area contributed by atoms with E-state index in [0.717, 1.165) is 16.7 Å². The number of halogens is 2. The van der Waals surface area contributed by atoms with E-state index < -0.39 is 27.7 Å². The number of carbonyl (C=O) groups excluding carboxylic acids is 1. The van der Waals surface area contributed by atoms with Crippen LogP contribution in [0.15, 0.2) is 132 Å². The lowest BCUT2D eigenvalue weighted by molar-refractivity contribution is -0.141. The monoisotopic (exact) mass is 657 g/mol. The smallest absolute Gasteiger partial charge is 0.307 e. The van der Waals surface area contributed by atoms with Gasteiger partial charge >= 0.3 is 5.97 Å². The van der Waals surface area contributed by atoms with Crippen LogP contribution in [0.5, 0.6) is 0 Å². The van der Waals surface area contributed by atoms with Gasteiger partial charge in [-0.1, -0.05) is 120 Å². The van der Waals surface area contributed by atoms with Crippen molar-refractivity contribution in [3.63, 3.8) is 0 Å². The maximum Gasteiger partial charge on any atom is 0.307 e. The molecule has 0 saturated heterocycles. The maximum absolute atomic E-state index is 14.1. The summed E-state index contributed by atoms with van der Waals surface area (Å²) in [4.78, 5) is 25.4. The third kappa shape index (κ3) is 7.81. The minimum absolute atomic E-state index is 0.0406. The van der Waals surface area contributed by atoms with Crippen molar-refractivity contribution in [3.8, 4) is 11.1 Å². The van der Waals surface area contributed by atoms with Crippen LogP contribution in [0.1, 0.15) is 27.9 Å². The second-order valence-electron chi connectivity index (χ2n) is 10.6. The van der Waals surface area contributed by atoms with Gasteiger partial charge in [-0.2, -0.15) is 0 Å². The first kappa shape index (κ1) is 32.0. The van der Waals surface area contributed by atoms with Gasteiger partial charge in [-0.3, -0.25) is 13.9 Å². The molecule has 0 spiro atoms. The van der Waals surface area contributed by atoms with Crippen molar-refractivity contribution in [1.82, 2.24) is 0 Å². The van der Waals surface area contributed by atoms with E-state index in [0.29, 0.717) is 5.56 Å². The van der Waals surface area contributed by atoms with Gasteiger partial charge in [0.1, 0.15) is 0 Å². The Morgan fingerprint density at radius 1 is 0.689 bits per heavy atom. The van der Waals surface area contributed by atoms with Crippen LogP contribution in [0.25, 0.3) is 11.1 Å². The predicted octanol–water partition coefficient (Wildman–Crippen LogP) is 8.57. The van der Waals surface area contributed by atoms with Crippen LogP contribution < -0.4 is 4.31 Å². The molecule has 0 aromatic heterocycles.